The van der Waals surface area contributed by atoms with Crippen LogP contribution in [0.5, 0.6) is 5.75 Å². The smallest absolute Gasteiger partial charge is 0.157 e. The zero-order valence-corrected chi connectivity index (χ0v) is 10.0. The fourth-order valence-corrected chi connectivity index (χ4v) is 1.98. The highest BCUT2D eigenvalue weighted by Crippen LogP contribution is 2.24. The van der Waals surface area contributed by atoms with Crippen LogP contribution in [-0.4, -0.2) is 62.8 Å². The number of phenols is 1. The predicted molar refractivity (Wildman–Crippen MR) is 65.5 cm³/mol. The summed E-state index contributed by atoms with van der Waals surface area (Å²) in [5, 5.41) is 50.2. The molecule has 0 aromatic heterocycles. The molecule has 1 heterocycles. The van der Waals surface area contributed by atoms with Gasteiger partial charge in [-0.15, -0.1) is 0 Å². The Hall–Kier alpha value is -1.38. The molecular weight excluding hydrogens is 254 g/mol. The number of hydrogen-bond donors (Lipinski definition) is 6. The van der Waals surface area contributed by atoms with Gasteiger partial charge in [0, 0.05) is 11.8 Å². The molecule has 0 aliphatic carbocycles. The maximum atomic E-state index is 9.81. The number of aliphatic hydroxyl groups is 4. The molecule has 19 heavy (non-hydrogen) atoms. The molecule has 0 saturated carbocycles. The molecule has 7 heteroatoms. The summed E-state index contributed by atoms with van der Waals surface area (Å²) in [5.74, 6) is 0.0367. The fraction of sp³-hybridized carbons (Fsp3) is 0.500. The number of rotatable bonds is 3. The molecule has 1 saturated heterocycles. The van der Waals surface area contributed by atoms with Crippen molar-refractivity contribution in [1.82, 2.24) is 0 Å². The van der Waals surface area contributed by atoms with Gasteiger partial charge >= 0.3 is 0 Å². The summed E-state index contributed by atoms with van der Waals surface area (Å²) in [6, 6.07) is 6.14. The lowest BCUT2D eigenvalue weighted by Crippen LogP contribution is -2.60. The molecule has 106 valence electrons. The maximum Gasteiger partial charge on any atom is 0.157 e. The quantitative estimate of drug-likeness (QED) is 0.400. The highest BCUT2D eigenvalue weighted by molar-refractivity contribution is 5.48. The molecule has 1 aliphatic rings. The molecule has 1 aromatic rings. The number of anilines is 1. The molecule has 0 bridgehead atoms. The minimum absolute atomic E-state index is 0.0367. The van der Waals surface area contributed by atoms with Gasteiger partial charge in [0.05, 0.1) is 6.61 Å². The first-order chi connectivity index (χ1) is 9.02. The van der Waals surface area contributed by atoms with Crippen molar-refractivity contribution >= 4 is 5.69 Å². The Kier molecular flexibility index (Phi) is 4.23. The minimum atomic E-state index is -1.43. The van der Waals surface area contributed by atoms with Crippen LogP contribution < -0.4 is 5.32 Å². The molecule has 1 fully saturated rings. The monoisotopic (exact) mass is 271 g/mol. The summed E-state index contributed by atoms with van der Waals surface area (Å²) in [6.07, 6.45) is -6.14. The summed E-state index contributed by atoms with van der Waals surface area (Å²) in [4.78, 5) is 0. The van der Waals surface area contributed by atoms with E-state index in [2.05, 4.69) is 5.32 Å². The Balaban J connectivity index is 2.10. The Morgan fingerprint density at radius 2 is 1.84 bits per heavy atom. The highest BCUT2D eigenvalue weighted by atomic mass is 16.6. The molecule has 0 spiro atoms. The van der Waals surface area contributed by atoms with E-state index in [1.165, 1.54) is 12.1 Å². The summed E-state index contributed by atoms with van der Waals surface area (Å²) in [5.41, 5.74) is 0.476. The maximum absolute atomic E-state index is 9.81. The average Bonchev–Trinajstić information content (AvgIpc) is 2.39. The van der Waals surface area contributed by atoms with Crippen LogP contribution in [0.25, 0.3) is 0 Å². The van der Waals surface area contributed by atoms with Gasteiger partial charge in [-0.05, 0) is 12.1 Å². The third kappa shape index (κ3) is 2.96. The Morgan fingerprint density at radius 3 is 2.47 bits per heavy atom. The van der Waals surface area contributed by atoms with Crippen LogP contribution >= 0.6 is 0 Å². The van der Waals surface area contributed by atoms with Crippen molar-refractivity contribution in [3.8, 4) is 5.75 Å². The largest absolute Gasteiger partial charge is 0.508 e. The second kappa shape index (κ2) is 5.72. The standard InChI is InChI=1S/C12H17NO6/c14-5-8-9(16)10(17)11(18)12(19-8)13-6-2-1-3-7(15)4-6/h1-4,8-18H,5H2/t8-,9+,10+,11+,12+/m0/s1. The first-order valence-corrected chi connectivity index (χ1v) is 5.89. The number of phenolic OH excluding ortho intramolecular Hbond substituents is 1. The molecule has 7 nitrogen and oxygen atoms in total. The summed E-state index contributed by atoms with van der Waals surface area (Å²) >= 11 is 0. The van der Waals surface area contributed by atoms with E-state index in [0.717, 1.165) is 0 Å². The zero-order valence-electron chi connectivity index (χ0n) is 10.0. The van der Waals surface area contributed by atoms with Crippen molar-refractivity contribution in [2.75, 3.05) is 11.9 Å². The van der Waals surface area contributed by atoms with Gasteiger partial charge in [-0.1, -0.05) is 6.07 Å². The van der Waals surface area contributed by atoms with E-state index in [0.29, 0.717) is 5.69 Å². The fourth-order valence-electron chi connectivity index (χ4n) is 1.98. The molecule has 1 aliphatic heterocycles. The van der Waals surface area contributed by atoms with Gasteiger partial charge in [-0.2, -0.15) is 0 Å². The highest BCUT2D eigenvalue weighted by Gasteiger charge is 2.43. The second-order valence-electron chi connectivity index (χ2n) is 4.44. The van der Waals surface area contributed by atoms with Crippen LogP contribution in [0.2, 0.25) is 0 Å². The van der Waals surface area contributed by atoms with Gasteiger partial charge in [0.2, 0.25) is 0 Å². The van der Waals surface area contributed by atoms with Crippen LogP contribution in [0.1, 0.15) is 0 Å². The first-order valence-electron chi connectivity index (χ1n) is 5.89. The van der Waals surface area contributed by atoms with Crippen molar-refractivity contribution in [3.05, 3.63) is 24.3 Å². The van der Waals surface area contributed by atoms with E-state index in [-0.39, 0.29) is 5.75 Å². The number of aliphatic hydroxyl groups excluding tert-OH is 4. The average molecular weight is 271 g/mol. The van der Waals surface area contributed by atoms with Crippen molar-refractivity contribution in [2.45, 2.75) is 30.6 Å². The topological polar surface area (TPSA) is 122 Å². The van der Waals surface area contributed by atoms with Gasteiger partial charge in [-0.25, -0.2) is 0 Å². The van der Waals surface area contributed by atoms with E-state index in [4.69, 9.17) is 9.84 Å². The predicted octanol–water partition coefficient (Wildman–Crippen LogP) is -1.40. The number of aromatic hydroxyl groups is 1. The zero-order chi connectivity index (χ0) is 14.0. The lowest BCUT2D eigenvalue weighted by molar-refractivity contribution is -0.221. The van der Waals surface area contributed by atoms with Gasteiger partial charge in [0.1, 0.15) is 30.2 Å². The number of hydrogen-bond acceptors (Lipinski definition) is 7. The van der Waals surface area contributed by atoms with E-state index < -0.39 is 37.3 Å². The normalized spacial score (nSPS) is 35.1. The van der Waals surface area contributed by atoms with E-state index in [9.17, 15) is 20.4 Å². The second-order valence-corrected chi connectivity index (χ2v) is 4.44. The van der Waals surface area contributed by atoms with Crippen LogP contribution in [0.3, 0.4) is 0 Å². The van der Waals surface area contributed by atoms with E-state index >= 15 is 0 Å². The molecule has 0 radical (unpaired) electrons. The van der Waals surface area contributed by atoms with Crippen molar-refractivity contribution in [2.24, 2.45) is 0 Å². The number of nitrogens with one attached hydrogen (secondary N) is 1. The molecule has 0 unspecified atom stereocenters. The van der Waals surface area contributed by atoms with Gasteiger partial charge in [0.15, 0.2) is 6.23 Å². The SMILES string of the molecule is OC[C@@H]1O[C@@H](Nc2cccc(O)c2)[C@H](O)[C@H](O)[C@@H]1O. The third-order valence-corrected chi connectivity index (χ3v) is 3.05. The van der Waals surface area contributed by atoms with Crippen LogP contribution in [-0.2, 0) is 4.74 Å². The summed E-state index contributed by atoms with van der Waals surface area (Å²) in [7, 11) is 0. The van der Waals surface area contributed by atoms with Crippen LogP contribution in [0.15, 0.2) is 24.3 Å². The molecule has 0 amide bonds. The summed E-state index contributed by atoms with van der Waals surface area (Å²) in [6.45, 7) is -0.483. The lowest BCUT2D eigenvalue weighted by Gasteiger charge is -2.40. The molecule has 5 atom stereocenters. The van der Waals surface area contributed by atoms with Crippen LogP contribution in [0, 0.1) is 0 Å². The van der Waals surface area contributed by atoms with E-state index in [1.54, 1.807) is 12.1 Å². The lowest BCUT2D eigenvalue weighted by atomic mass is 9.98. The Labute approximate surface area is 109 Å². The Morgan fingerprint density at radius 1 is 1.11 bits per heavy atom. The third-order valence-electron chi connectivity index (χ3n) is 3.05. The number of benzene rings is 1. The minimum Gasteiger partial charge on any atom is -0.508 e. The van der Waals surface area contributed by atoms with Gasteiger partial charge in [0.25, 0.3) is 0 Å². The van der Waals surface area contributed by atoms with Crippen molar-refractivity contribution in [1.29, 1.82) is 0 Å². The van der Waals surface area contributed by atoms with Crippen molar-refractivity contribution < 1.29 is 30.3 Å². The van der Waals surface area contributed by atoms with Crippen LogP contribution in [0.4, 0.5) is 5.69 Å². The van der Waals surface area contributed by atoms with Crippen molar-refractivity contribution in [3.63, 3.8) is 0 Å². The first kappa shape index (κ1) is 14.0. The van der Waals surface area contributed by atoms with Gasteiger partial charge in [-0.3, -0.25) is 0 Å². The van der Waals surface area contributed by atoms with E-state index in [1.807, 2.05) is 0 Å². The molecule has 6 N–H and O–H groups in total. The number of ether oxygens (including phenoxy) is 1. The Bertz CT molecular complexity index is 426. The summed E-state index contributed by atoms with van der Waals surface area (Å²) < 4.78 is 5.27. The molecule has 2 rings (SSSR count). The van der Waals surface area contributed by atoms with Gasteiger partial charge < -0.3 is 35.6 Å². The molecule has 1 aromatic carbocycles. The molecular formula is C12H17NO6.